The fraction of sp³-hybridized carbons (Fsp3) is 0.857. The lowest BCUT2D eigenvalue weighted by atomic mass is 10.1. The molecule has 0 unspecified atom stereocenters. The number of carbonyl (C=O) groups excluding carboxylic acids is 1. The van der Waals surface area contributed by atoms with E-state index in [1.165, 1.54) is 4.90 Å². The molecule has 5 heteroatoms. The highest BCUT2D eigenvalue weighted by Gasteiger charge is 2.14. The van der Waals surface area contributed by atoms with Crippen LogP contribution in [0.1, 0.15) is 58.3 Å². The molecule has 0 aliphatic heterocycles. The number of hydrogen-bond acceptors (Lipinski definition) is 2. The third-order valence-electron chi connectivity index (χ3n) is 2.95. The van der Waals surface area contributed by atoms with Gasteiger partial charge in [-0.15, -0.1) is 0 Å². The molecule has 0 saturated heterocycles. The molecule has 1 N–H and O–H groups in total. The molecule has 0 aliphatic rings. The number of rotatable bonds is 12. The van der Waals surface area contributed by atoms with Gasteiger partial charge in [0, 0.05) is 13.0 Å². The quantitative estimate of drug-likeness (QED) is 0.557. The first-order valence-electron chi connectivity index (χ1n) is 7.17. The van der Waals surface area contributed by atoms with Crippen LogP contribution < -0.4 is 0 Å². The number of nitrogens with zero attached hydrogens (tertiary/aromatic N) is 1. The van der Waals surface area contributed by atoms with E-state index < -0.39 is 5.97 Å². The summed E-state index contributed by atoms with van der Waals surface area (Å²) in [7, 11) is 0. The van der Waals surface area contributed by atoms with Crippen LogP contribution in [0.3, 0.4) is 0 Å². The smallest absolute Gasteiger partial charge is 0.323 e. The predicted molar refractivity (Wildman–Crippen MR) is 72.8 cm³/mol. The molecule has 0 radical (unpaired) electrons. The van der Waals surface area contributed by atoms with Gasteiger partial charge in [-0.25, -0.2) is 0 Å². The summed E-state index contributed by atoms with van der Waals surface area (Å²) in [5.41, 5.74) is 0. The summed E-state index contributed by atoms with van der Waals surface area (Å²) in [6.07, 6.45) is 6.47. The fourth-order valence-corrected chi connectivity index (χ4v) is 1.96. The fourth-order valence-electron chi connectivity index (χ4n) is 1.96. The first-order chi connectivity index (χ1) is 9.11. The van der Waals surface area contributed by atoms with Gasteiger partial charge in [-0.05, 0) is 19.3 Å². The molecule has 0 aromatic heterocycles. The second kappa shape index (κ2) is 11.9. The molecule has 0 aliphatic carbocycles. The van der Waals surface area contributed by atoms with Crippen LogP contribution in [0.5, 0.6) is 0 Å². The third-order valence-corrected chi connectivity index (χ3v) is 2.95. The molecule has 1 amide bonds. The molecule has 4 nitrogen and oxygen atoms in total. The van der Waals surface area contributed by atoms with Crippen LogP contribution in [0.25, 0.3) is 0 Å². The molecule has 0 fully saturated rings. The number of alkyl halides is 1. The number of unbranched alkanes of at least 4 members (excludes halogenated alkanes) is 5. The average Bonchev–Trinajstić information content (AvgIpc) is 2.36. The lowest BCUT2D eigenvalue weighted by molar-refractivity contribution is -0.144. The minimum atomic E-state index is -0.965. The number of carboxylic acid groups (broad SMARTS) is 1. The predicted octanol–water partition coefficient (Wildman–Crippen LogP) is 3.01. The number of carbonyl (C=O) groups is 2. The maximum Gasteiger partial charge on any atom is 0.323 e. The Hall–Kier alpha value is -1.13. The zero-order chi connectivity index (χ0) is 14.5. The maximum absolute atomic E-state index is 11.8. The second-order valence-electron chi connectivity index (χ2n) is 4.77. The van der Waals surface area contributed by atoms with Gasteiger partial charge in [0.1, 0.15) is 6.54 Å². The van der Waals surface area contributed by atoms with E-state index in [4.69, 9.17) is 5.11 Å². The van der Waals surface area contributed by atoms with Crippen LogP contribution in [-0.4, -0.2) is 41.6 Å². The Kier molecular flexibility index (Phi) is 11.2. The van der Waals surface area contributed by atoms with Crippen LogP contribution >= 0.6 is 0 Å². The lowest BCUT2D eigenvalue weighted by Gasteiger charge is -2.19. The molecule has 0 rings (SSSR count). The van der Waals surface area contributed by atoms with E-state index >= 15 is 0 Å². The van der Waals surface area contributed by atoms with Gasteiger partial charge >= 0.3 is 5.97 Å². The van der Waals surface area contributed by atoms with E-state index in [-0.39, 0.29) is 19.1 Å². The molecule has 112 valence electrons. The largest absolute Gasteiger partial charge is 0.480 e. The molecular formula is C14H26FNO3. The van der Waals surface area contributed by atoms with E-state index in [2.05, 4.69) is 0 Å². The van der Waals surface area contributed by atoms with E-state index in [0.29, 0.717) is 19.4 Å². The van der Waals surface area contributed by atoms with Crippen molar-refractivity contribution in [2.45, 2.75) is 58.3 Å². The molecule has 0 saturated carbocycles. The van der Waals surface area contributed by atoms with E-state index in [9.17, 15) is 14.0 Å². The van der Waals surface area contributed by atoms with Gasteiger partial charge in [-0.1, -0.05) is 32.6 Å². The zero-order valence-corrected chi connectivity index (χ0v) is 11.9. The van der Waals surface area contributed by atoms with Crippen molar-refractivity contribution in [2.24, 2.45) is 0 Å². The Morgan fingerprint density at radius 3 is 2.16 bits per heavy atom. The first-order valence-corrected chi connectivity index (χ1v) is 7.17. The molecule has 0 heterocycles. The van der Waals surface area contributed by atoms with Gasteiger partial charge in [0.05, 0.1) is 6.67 Å². The SMILES string of the molecule is CCCN(CC(=O)O)C(=O)CCCCCCCCF. The van der Waals surface area contributed by atoms with Gasteiger partial charge in [-0.2, -0.15) is 0 Å². The Morgan fingerprint density at radius 2 is 1.63 bits per heavy atom. The third kappa shape index (κ3) is 10.5. The highest BCUT2D eigenvalue weighted by Crippen LogP contribution is 2.09. The monoisotopic (exact) mass is 275 g/mol. The van der Waals surface area contributed by atoms with Gasteiger partial charge in [0.25, 0.3) is 0 Å². The van der Waals surface area contributed by atoms with Crippen LogP contribution in [0.15, 0.2) is 0 Å². The normalized spacial score (nSPS) is 10.4. The minimum Gasteiger partial charge on any atom is -0.480 e. The second-order valence-corrected chi connectivity index (χ2v) is 4.77. The van der Waals surface area contributed by atoms with Crippen molar-refractivity contribution in [1.82, 2.24) is 4.90 Å². The Morgan fingerprint density at radius 1 is 1.05 bits per heavy atom. The van der Waals surface area contributed by atoms with Gasteiger partial charge in [0.2, 0.25) is 5.91 Å². The summed E-state index contributed by atoms with van der Waals surface area (Å²) in [5, 5.41) is 8.73. The number of halogens is 1. The van der Waals surface area contributed by atoms with Crippen molar-refractivity contribution in [1.29, 1.82) is 0 Å². The van der Waals surface area contributed by atoms with Gasteiger partial charge < -0.3 is 10.0 Å². The molecule has 0 aromatic rings. The Labute approximate surface area is 115 Å². The van der Waals surface area contributed by atoms with E-state index in [1.807, 2.05) is 6.92 Å². The molecule has 0 aromatic carbocycles. The van der Waals surface area contributed by atoms with Crippen molar-refractivity contribution in [3.05, 3.63) is 0 Å². The maximum atomic E-state index is 11.8. The van der Waals surface area contributed by atoms with Crippen molar-refractivity contribution in [2.75, 3.05) is 19.8 Å². The summed E-state index contributed by atoms with van der Waals surface area (Å²) in [5.74, 6) is -1.04. The number of carboxylic acids is 1. The number of hydrogen-bond donors (Lipinski definition) is 1. The summed E-state index contributed by atoms with van der Waals surface area (Å²) in [6, 6.07) is 0. The summed E-state index contributed by atoms with van der Waals surface area (Å²) in [4.78, 5) is 23.9. The number of amides is 1. The van der Waals surface area contributed by atoms with Crippen LogP contribution in [0, 0.1) is 0 Å². The molecule has 0 atom stereocenters. The topological polar surface area (TPSA) is 57.6 Å². The van der Waals surface area contributed by atoms with Gasteiger partial charge in [-0.3, -0.25) is 14.0 Å². The lowest BCUT2D eigenvalue weighted by Crippen LogP contribution is -2.36. The average molecular weight is 275 g/mol. The first kappa shape index (κ1) is 17.9. The molecular weight excluding hydrogens is 249 g/mol. The standard InChI is InChI=1S/C14H26FNO3/c1-2-11-16(12-14(18)19)13(17)9-7-5-3-4-6-8-10-15/h2-12H2,1H3,(H,18,19). The number of aliphatic carboxylic acids is 1. The van der Waals surface area contributed by atoms with Crippen molar-refractivity contribution in [3.63, 3.8) is 0 Å². The van der Waals surface area contributed by atoms with Gasteiger partial charge in [0.15, 0.2) is 0 Å². The van der Waals surface area contributed by atoms with Crippen LogP contribution in [0.2, 0.25) is 0 Å². The Balaban J connectivity index is 3.71. The highest BCUT2D eigenvalue weighted by atomic mass is 19.1. The Bertz CT molecular complexity index is 259. The van der Waals surface area contributed by atoms with E-state index in [1.54, 1.807) is 0 Å². The zero-order valence-electron chi connectivity index (χ0n) is 11.9. The van der Waals surface area contributed by atoms with Crippen LogP contribution in [0.4, 0.5) is 4.39 Å². The van der Waals surface area contributed by atoms with Crippen molar-refractivity contribution < 1.29 is 19.1 Å². The molecule has 19 heavy (non-hydrogen) atoms. The summed E-state index contributed by atoms with van der Waals surface area (Å²) in [6.45, 7) is 1.97. The summed E-state index contributed by atoms with van der Waals surface area (Å²) >= 11 is 0. The van der Waals surface area contributed by atoms with Crippen molar-refractivity contribution >= 4 is 11.9 Å². The van der Waals surface area contributed by atoms with Crippen LogP contribution in [-0.2, 0) is 9.59 Å². The van der Waals surface area contributed by atoms with E-state index in [0.717, 1.165) is 38.5 Å². The summed E-state index contributed by atoms with van der Waals surface area (Å²) < 4.78 is 11.8. The molecule has 0 bridgehead atoms. The highest BCUT2D eigenvalue weighted by molar-refractivity contribution is 5.81. The molecule has 0 spiro atoms. The van der Waals surface area contributed by atoms with Crippen molar-refractivity contribution in [3.8, 4) is 0 Å². The minimum absolute atomic E-state index is 0.0759.